The Morgan fingerprint density at radius 1 is 1.13 bits per heavy atom. The minimum absolute atomic E-state index is 0.0688. The second-order valence-corrected chi connectivity index (χ2v) is 9.61. The molecule has 2 aromatic rings. The lowest BCUT2D eigenvalue weighted by Gasteiger charge is -2.34. The Bertz CT molecular complexity index is 1030. The average Bonchev–Trinajstić information content (AvgIpc) is 2.78. The van der Waals surface area contributed by atoms with E-state index in [9.17, 15) is 13.2 Å². The Balaban J connectivity index is 1.63. The number of nitrogens with zero attached hydrogens (tertiary/aromatic N) is 4. The second kappa shape index (κ2) is 10.0. The summed E-state index contributed by atoms with van der Waals surface area (Å²) in [7, 11) is 0.699. The van der Waals surface area contributed by atoms with Crippen LogP contribution in [0.2, 0.25) is 0 Å². The first-order chi connectivity index (χ1) is 14.8. The van der Waals surface area contributed by atoms with Crippen molar-refractivity contribution in [3.63, 3.8) is 0 Å². The lowest BCUT2D eigenvalue weighted by Crippen LogP contribution is -2.47. The molecule has 9 heteroatoms. The normalized spacial score (nSPS) is 15.5. The molecule has 3 rings (SSSR count). The topological polar surface area (TPSA) is 83.0 Å². The molecule has 1 aliphatic rings. The summed E-state index contributed by atoms with van der Waals surface area (Å²) in [5.74, 6) is 0.180. The van der Waals surface area contributed by atoms with Crippen LogP contribution in [0.1, 0.15) is 11.1 Å². The van der Waals surface area contributed by atoms with E-state index in [1.54, 1.807) is 35.5 Å². The monoisotopic (exact) mass is 444 g/mol. The van der Waals surface area contributed by atoms with Gasteiger partial charge in [0.15, 0.2) is 0 Å². The van der Waals surface area contributed by atoms with Gasteiger partial charge in [0.25, 0.3) is 0 Å². The molecule has 0 spiro atoms. The van der Waals surface area contributed by atoms with E-state index >= 15 is 0 Å². The number of methoxy groups -OCH3 is 1. The molecule has 0 saturated carbocycles. The Labute approximate surface area is 183 Å². The van der Waals surface area contributed by atoms with Crippen molar-refractivity contribution < 1.29 is 17.9 Å². The highest BCUT2D eigenvalue weighted by molar-refractivity contribution is 7.89. The number of aromatic nitrogens is 1. The van der Waals surface area contributed by atoms with Gasteiger partial charge in [0, 0.05) is 65.3 Å². The molecule has 31 heavy (non-hydrogen) atoms. The van der Waals surface area contributed by atoms with Gasteiger partial charge in [-0.3, -0.25) is 14.7 Å². The highest BCUT2D eigenvalue weighted by Crippen LogP contribution is 2.27. The molecule has 2 heterocycles. The minimum Gasteiger partial charge on any atom is -0.495 e. The number of hydrogen-bond donors (Lipinski definition) is 0. The Morgan fingerprint density at radius 3 is 2.42 bits per heavy atom. The number of rotatable bonds is 7. The summed E-state index contributed by atoms with van der Waals surface area (Å²) in [5.41, 5.74) is 1.82. The third-order valence-electron chi connectivity index (χ3n) is 5.20. The molecule has 1 fully saturated rings. The first-order valence-electron chi connectivity index (χ1n) is 10.00. The molecule has 1 saturated heterocycles. The van der Waals surface area contributed by atoms with Crippen LogP contribution in [-0.4, -0.2) is 80.8 Å². The Morgan fingerprint density at radius 2 is 1.81 bits per heavy atom. The van der Waals surface area contributed by atoms with Crippen molar-refractivity contribution in [2.45, 2.75) is 11.4 Å². The van der Waals surface area contributed by atoms with Gasteiger partial charge in [0.2, 0.25) is 15.9 Å². The van der Waals surface area contributed by atoms with Gasteiger partial charge < -0.3 is 9.64 Å². The van der Waals surface area contributed by atoms with E-state index in [1.807, 2.05) is 12.1 Å². The zero-order valence-corrected chi connectivity index (χ0v) is 18.9. The first kappa shape index (κ1) is 22.9. The summed E-state index contributed by atoms with van der Waals surface area (Å²) in [6, 6.07) is 8.84. The second-order valence-electron chi connectivity index (χ2n) is 7.49. The average molecular weight is 445 g/mol. The maximum absolute atomic E-state index is 12.6. The number of pyridine rings is 1. The summed E-state index contributed by atoms with van der Waals surface area (Å²) in [4.78, 5) is 20.8. The van der Waals surface area contributed by atoms with Crippen LogP contribution in [0.5, 0.6) is 5.75 Å². The molecule has 1 aliphatic heterocycles. The third-order valence-corrected chi connectivity index (χ3v) is 7.04. The SMILES string of the molecule is COc1ccc(/C=C/C(=O)N2CCN(Cc3ccncc3)CC2)cc1S(=O)(=O)N(C)C. The fourth-order valence-corrected chi connectivity index (χ4v) is 4.42. The maximum Gasteiger partial charge on any atom is 0.246 e. The maximum atomic E-state index is 12.6. The number of piperazine rings is 1. The van der Waals surface area contributed by atoms with E-state index in [0.717, 1.165) is 23.9 Å². The van der Waals surface area contributed by atoms with E-state index in [2.05, 4.69) is 9.88 Å². The molecular weight excluding hydrogens is 416 g/mol. The van der Waals surface area contributed by atoms with Crippen molar-refractivity contribution in [1.82, 2.24) is 19.1 Å². The summed E-state index contributed by atoms with van der Waals surface area (Å²) in [6.07, 6.45) is 6.70. The fraction of sp³-hybridized carbons (Fsp3) is 0.364. The van der Waals surface area contributed by atoms with Gasteiger partial charge in [0.1, 0.15) is 10.6 Å². The van der Waals surface area contributed by atoms with Gasteiger partial charge in [-0.05, 0) is 41.5 Å². The minimum atomic E-state index is -3.66. The van der Waals surface area contributed by atoms with Crippen LogP contribution >= 0.6 is 0 Å². The zero-order chi connectivity index (χ0) is 22.4. The highest BCUT2D eigenvalue weighted by atomic mass is 32.2. The van der Waals surface area contributed by atoms with Crippen molar-refractivity contribution >= 4 is 22.0 Å². The molecule has 0 radical (unpaired) electrons. The van der Waals surface area contributed by atoms with Crippen LogP contribution in [0.4, 0.5) is 0 Å². The standard InChI is InChI=1S/C22H28N4O4S/c1-24(2)31(28,29)21-16-18(4-6-20(21)30-3)5-7-22(27)26-14-12-25(13-15-26)17-19-8-10-23-11-9-19/h4-11,16H,12-15,17H2,1-3H3/b7-5+. The summed E-state index contributed by atoms with van der Waals surface area (Å²) in [6.45, 7) is 3.74. The summed E-state index contributed by atoms with van der Waals surface area (Å²) in [5, 5.41) is 0. The fourth-order valence-electron chi connectivity index (χ4n) is 3.34. The molecule has 1 amide bonds. The molecule has 0 bridgehead atoms. The van der Waals surface area contributed by atoms with E-state index in [1.165, 1.54) is 38.9 Å². The van der Waals surface area contributed by atoms with Crippen molar-refractivity contribution in [3.8, 4) is 5.75 Å². The van der Waals surface area contributed by atoms with Gasteiger partial charge in [-0.2, -0.15) is 0 Å². The van der Waals surface area contributed by atoms with Crippen molar-refractivity contribution in [3.05, 3.63) is 59.9 Å². The molecule has 8 nitrogen and oxygen atoms in total. The molecule has 1 aromatic carbocycles. The van der Waals surface area contributed by atoms with Gasteiger partial charge in [-0.15, -0.1) is 0 Å². The number of carbonyl (C=O) groups is 1. The van der Waals surface area contributed by atoms with Gasteiger partial charge >= 0.3 is 0 Å². The van der Waals surface area contributed by atoms with Gasteiger partial charge in [-0.1, -0.05) is 6.07 Å². The predicted molar refractivity (Wildman–Crippen MR) is 119 cm³/mol. The van der Waals surface area contributed by atoms with E-state index in [0.29, 0.717) is 18.7 Å². The van der Waals surface area contributed by atoms with Crippen LogP contribution in [0.15, 0.2) is 53.7 Å². The smallest absolute Gasteiger partial charge is 0.246 e. The van der Waals surface area contributed by atoms with Crippen LogP contribution in [-0.2, 0) is 21.4 Å². The van der Waals surface area contributed by atoms with E-state index in [-0.39, 0.29) is 16.6 Å². The predicted octanol–water partition coefficient (Wildman–Crippen LogP) is 1.70. The molecule has 0 atom stereocenters. The molecule has 166 valence electrons. The Kier molecular flexibility index (Phi) is 7.42. The molecule has 0 aliphatic carbocycles. The molecule has 0 unspecified atom stereocenters. The van der Waals surface area contributed by atoms with Crippen LogP contribution < -0.4 is 4.74 Å². The lowest BCUT2D eigenvalue weighted by molar-refractivity contribution is -0.127. The van der Waals surface area contributed by atoms with Crippen LogP contribution in [0.3, 0.4) is 0 Å². The quantitative estimate of drug-likeness (QED) is 0.605. The van der Waals surface area contributed by atoms with Crippen molar-refractivity contribution in [1.29, 1.82) is 0 Å². The molecule has 1 aromatic heterocycles. The van der Waals surface area contributed by atoms with Crippen molar-refractivity contribution in [2.75, 3.05) is 47.4 Å². The number of carbonyl (C=O) groups excluding carboxylic acids is 1. The summed E-state index contributed by atoms with van der Waals surface area (Å²) >= 11 is 0. The zero-order valence-electron chi connectivity index (χ0n) is 18.1. The Hall–Kier alpha value is -2.75. The molecular formula is C22H28N4O4S. The van der Waals surface area contributed by atoms with Crippen LogP contribution in [0.25, 0.3) is 6.08 Å². The number of sulfonamides is 1. The first-order valence-corrected chi connectivity index (χ1v) is 11.4. The van der Waals surface area contributed by atoms with Crippen molar-refractivity contribution in [2.24, 2.45) is 0 Å². The number of hydrogen-bond acceptors (Lipinski definition) is 6. The number of benzene rings is 1. The van der Waals surface area contributed by atoms with E-state index in [4.69, 9.17) is 4.74 Å². The molecule has 0 N–H and O–H groups in total. The summed E-state index contributed by atoms with van der Waals surface area (Å²) < 4.78 is 31.4. The lowest BCUT2D eigenvalue weighted by atomic mass is 10.2. The highest BCUT2D eigenvalue weighted by Gasteiger charge is 2.23. The van der Waals surface area contributed by atoms with Gasteiger partial charge in [0.05, 0.1) is 7.11 Å². The number of ether oxygens (including phenoxy) is 1. The third kappa shape index (κ3) is 5.69. The largest absolute Gasteiger partial charge is 0.495 e. The van der Waals surface area contributed by atoms with E-state index < -0.39 is 10.0 Å². The number of amides is 1. The van der Waals surface area contributed by atoms with Gasteiger partial charge in [-0.25, -0.2) is 12.7 Å². The van der Waals surface area contributed by atoms with Crippen LogP contribution in [0, 0.1) is 0 Å².